The van der Waals surface area contributed by atoms with E-state index in [4.69, 9.17) is 5.73 Å². The molecular weight excluding hydrogens is 274 g/mol. The van der Waals surface area contributed by atoms with Gasteiger partial charge in [0.1, 0.15) is 22.3 Å². The predicted molar refractivity (Wildman–Crippen MR) is 73.9 cm³/mol. The van der Waals surface area contributed by atoms with Gasteiger partial charge in [-0.1, -0.05) is 12.2 Å². The van der Waals surface area contributed by atoms with Crippen LogP contribution in [0.1, 0.15) is 11.1 Å². The van der Waals surface area contributed by atoms with E-state index in [1.165, 1.54) is 11.3 Å². The standard InChI is InChI=1S/C12H10F2N2S2/c13-9-3-8(12(15)17)4-10(14)11(9)16-5-7-1-2-18-6-7/h1-4,6,16H,5H2,(H2,15,17). The third-order valence-electron chi connectivity index (χ3n) is 2.38. The molecular formula is C12H10F2N2S2. The third kappa shape index (κ3) is 2.83. The second-order valence-corrected chi connectivity index (χ2v) is 4.88. The highest BCUT2D eigenvalue weighted by Crippen LogP contribution is 2.22. The Kier molecular flexibility index (Phi) is 3.88. The van der Waals surface area contributed by atoms with Crippen molar-refractivity contribution < 1.29 is 8.78 Å². The molecule has 0 unspecified atom stereocenters. The number of benzene rings is 1. The highest BCUT2D eigenvalue weighted by molar-refractivity contribution is 7.80. The van der Waals surface area contributed by atoms with E-state index in [-0.39, 0.29) is 16.2 Å². The molecule has 0 spiro atoms. The largest absolute Gasteiger partial charge is 0.389 e. The zero-order chi connectivity index (χ0) is 13.1. The topological polar surface area (TPSA) is 38.0 Å². The average molecular weight is 284 g/mol. The van der Waals surface area contributed by atoms with Crippen molar-refractivity contribution in [3.05, 3.63) is 51.7 Å². The summed E-state index contributed by atoms with van der Waals surface area (Å²) in [7, 11) is 0. The van der Waals surface area contributed by atoms with E-state index in [9.17, 15) is 8.78 Å². The second-order valence-electron chi connectivity index (χ2n) is 3.66. The van der Waals surface area contributed by atoms with Crippen LogP contribution in [0.25, 0.3) is 0 Å². The molecule has 1 aromatic carbocycles. The van der Waals surface area contributed by atoms with Gasteiger partial charge < -0.3 is 11.1 Å². The Balaban J connectivity index is 2.20. The first-order valence-electron chi connectivity index (χ1n) is 5.11. The van der Waals surface area contributed by atoms with Gasteiger partial charge in [0.15, 0.2) is 0 Å². The van der Waals surface area contributed by atoms with Gasteiger partial charge in [-0.15, -0.1) is 0 Å². The minimum atomic E-state index is -0.701. The zero-order valence-corrected chi connectivity index (χ0v) is 10.9. The minimum Gasteiger partial charge on any atom is -0.389 e. The highest BCUT2D eigenvalue weighted by atomic mass is 32.1. The Labute approximate surface area is 112 Å². The van der Waals surface area contributed by atoms with E-state index >= 15 is 0 Å². The molecule has 0 bridgehead atoms. The van der Waals surface area contributed by atoms with Gasteiger partial charge in [-0.25, -0.2) is 8.78 Å². The first-order chi connectivity index (χ1) is 8.58. The van der Waals surface area contributed by atoms with Crippen LogP contribution in [-0.2, 0) is 6.54 Å². The number of hydrogen-bond acceptors (Lipinski definition) is 3. The molecule has 0 saturated heterocycles. The number of hydrogen-bond donors (Lipinski definition) is 2. The molecule has 0 saturated carbocycles. The first kappa shape index (κ1) is 12.9. The SMILES string of the molecule is NC(=S)c1cc(F)c(NCc2ccsc2)c(F)c1. The van der Waals surface area contributed by atoms with E-state index in [2.05, 4.69) is 17.5 Å². The zero-order valence-electron chi connectivity index (χ0n) is 9.24. The summed E-state index contributed by atoms with van der Waals surface area (Å²) in [6, 6.07) is 4.14. The molecule has 6 heteroatoms. The maximum atomic E-state index is 13.7. The monoisotopic (exact) mass is 284 g/mol. The highest BCUT2D eigenvalue weighted by Gasteiger charge is 2.12. The van der Waals surface area contributed by atoms with Gasteiger partial charge in [0.05, 0.1) is 0 Å². The molecule has 18 heavy (non-hydrogen) atoms. The van der Waals surface area contributed by atoms with Crippen LogP contribution in [0.4, 0.5) is 14.5 Å². The van der Waals surface area contributed by atoms with Crippen molar-refractivity contribution in [2.24, 2.45) is 5.73 Å². The lowest BCUT2D eigenvalue weighted by molar-refractivity contribution is 0.587. The van der Waals surface area contributed by atoms with Crippen LogP contribution in [0.5, 0.6) is 0 Å². The molecule has 0 aliphatic carbocycles. The Morgan fingerprint density at radius 3 is 2.50 bits per heavy atom. The minimum absolute atomic E-state index is 0.0304. The normalized spacial score (nSPS) is 10.3. The lowest BCUT2D eigenvalue weighted by Gasteiger charge is -2.09. The van der Waals surface area contributed by atoms with E-state index in [1.54, 1.807) is 0 Å². The van der Waals surface area contributed by atoms with Gasteiger partial charge in [0.2, 0.25) is 0 Å². The van der Waals surface area contributed by atoms with Crippen molar-refractivity contribution in [1.29, 1.82) is 0 Å². The van der Waals surface area contributed by atoms with Gasteiger partial charge >= 0.3 is 0 Å². The van der Waals surface area contributed by atoms with Gasteiger partial charge in [0, 0.05) is 12.1 Å². The van der Waals surface area contributed by atoms with Crippen LogP contribution in [0.3, 0.4) is 0 Å². The molecule has 94 valence electrons. The Morgan fingerprint density at radius 1 is 1.33 bits per heavy atom. The second kappa shape index (κ2) is 5.41. The first-order valence-corrected chi connectivity index (χ1v) is 6.47. The van der Waals surface area contributed by atoms with Gasteiger partial charge in [-0.2, -0.15) is 11.3 Å². The fourth-order valence-corrected chi connectivity index (χ4v) is 2.25. The summed E-state index contributed by atoms with van der Waals surface area (Å²) >= 11 is 6.21. The molecule has 0 amide bonds. The molecule has 0 atom stereocenters. The van der Waals surface area contributed by atoms with Crippen LogP contribution in [0.2, 0.25) is 0 Å². The molecule has 0 radical (unpaired) electrons. The summed E-state index contributed by atoms with van der Waals surface area (Å²) in [5.41, 5.74) is 6.32. The van der Waals surface area contributed by atoms with Crippen LogP contribution in [0, 0.1) is 11.6 Å². The fraction of sp³-hybridized carbons (Fsp3) is 0.0833. The van der Waals surface area contributed by atoms with Crippen molar-refractivity contribution in [2.45, 2.75) is 6.54 Å². The Morgan fingerprint density at radius 2 is 2.00 bits per heavy atom. The van der Waals surface area contributed by atoms with Gasteiger partial charge in [-0.05, 0) is 34.5 Å². The maximum Gasteiger partial charge on any atom is 0.150 e. The summed E-state index contributed by atoms with van der Waals surface area (Å²) in [6.07, 6.45) is 0. The molecule has 3 N–H and O–H groups in total. The van der Waals surface area contributed by atoms with E-state index < -0.39 is 11.6 Å². The number of halogens is 2. The van der Waals surface area contributed by atoms with Crippen molar-refractivity contribution in [2.75, 3.05) is 5.32 Å². The Bertz CT molecular complexity index is 544. The van der Waals surface area contributed by atoms with Crippen molar-refractivity contribution in [1.82, 2.24) is 0 Å². The molecule has 0 fully saturated rings. The number of rotatable bonds is 4. The summed E-state index contributed by atoms with van der Waals surface area (Å²) in [4.78, 5) is -0.0304. The number of nitrogens with two attached hydrogens (primary N) is 1. The van der Waals surface area contributed by atoms with Crippen molar-refractivity contribution >= 4 is 34.2 Å². The lowest BCUT2D eigenvalue weighted by atomic mass is 10.2. The molecule has 2 nitrogen and oxygen atoms in total. The third-order valence-corrected chi connectivity index (χ3v) is 3.34. The van der Waals surface area contributed by atoms with E-state index in [0.717, 1.165) is 17.7 Å². The molecule has 2 aromatic rings. The summed E-state index contributed by atoms with van der Waals surface area (Å²) < 4.78 is 27.4. The fourth-order valence-electron chi connectivity index (χ4n) is 1.47. The quantitative estimate of drug-likeness (QED) is 0.846. The summed E-state index contributed by atoms with van der Waals surface area (Å²) in [6.45, 7) is 0.365. The molecule has 0 aliphatic rings. The molecule has 1 aromatic heterocycles. The average Bonchev–Trinajstić information content (AvgIpc) is 2.80. The van der Waals surface area contributed by atoms with E-state index in [1.807, 2.05) is 16.8 Å². The summed E-state index contributed by atoms with van der Waals surface area (Å²) in [5, 5.41) is 6.53. The lowest BCUT2D eigenvalue weighted by Crippen LogP contribution is -2.12. The predicted octanol–water partition coefficient (Wildman–Crippen LogP) is 3.27. The van der Waals surface area contributed by atoms with Crippen molar-refractivity contribution in [3.63, 3.8) is 0 Å². The van der Waals surface area contributed by atoms with Crippen LogP contribution in [-0.4, -0.2) is 4.99 Å². The number of thiocarbonyl (C=S) groups is 1. The van der Waals surface area contributed by atoms with Crippen LogP contribution >= 0.6 is 23.6 Å². The number of nitrogens with one attached hydrogen (secondary N) is 1. The van der Waals surface area contributed by atoms with Gasteiger partial charge in [-0.3, -0.25) is 0 Å². The Hall–Kier alpha value is -1.53. The van der Waals surface area contributed by atoms with Gasteiger partial charge in [0.25, 0.3) is 0 Å². The van der Waals surface area contributed by atoms with Crippen molar-refractivity contribution in [3.8, 4) is 0 Å². The number of anilines is 1. The molecule has 1 heterocycles. The van der Waals surface area contributed by atoms with E-state index in [0.29, 0.717) is 6.54 Å². The number of thiophene rings is 1. The smallest absolute Gasteiger partial charge is 0.150 e. The van der Waals surface area contributed by atoms with Crippen LogP contribution < -0.4 is 11.1 Å². The molecule has 0 aliphatic heterocycles. The molecule has 2 rings (SSSR count). The maximum absolute atomic E-state index is 13.7. The summed E-state index contributed by atoms with van der Waals surface area (Å²) in [5.74, 6) is -1.40. The van der Waals surface area contributed by atoms with Crippen LogP contribution in [0.15, 0.2) is 29.0 Å².